The summed E-state index contributed by atoms with van der Waals surface area (Å²) in [7, 11) is 0. The number of fused-ring (bicyclic) bond motifs is 1. The van der Waals surface area contributed by atoms with Gasteiger partial charge in [0.15, 0.2) is 24.2 Å². The molecule has 1 amide bonds. The fraction of sp³-hybridized carbons (Fsp3) is 0.417. The molecule has 1 unspecified atom stereocenters. The van der Waals surface area contributed by atoms with Gasteiger partial charge in [0.25, 0.3) is 5.91 Å². The molecule has 0 saturated heterocycles. The average molecular weight is 411 g/mol. The number of nitrogens with one attached hydrogen (secondary N) is 1. The van der Waals surface area contributed by atoms with E-state index in [0.29, 0.717) is 11.5 Å². The van der Waals surface area contributed by atoms with Crippen molar-refractivity contribution in [1.29, 1.82) is 0 Å². The van der Waals surface area contributed by atoms with Crippen LogP contribution in [0.5, 0.6) is 11.5 Å². The summed E-state index contributed by atoms with van der Waals surface area (Å²) < 4.78 is 16.8. The van der Waals surface area contributed by atoms with Gasteiger partial charge < -0.3 is 19.5 Å². The molecular weight excluding hydrogens is 382 g/mol. The van der Waals surface area contributed by atoms with Gasteiger partial charge in [-0.15, -0.1) is 0 Å². The molecule has 0 radical (unpaired) electrons. The van der Waals surface area contributed by atoms with E-state index in [9.17, 15) is 9.59 Å². The fourth-order valence-corrected chi connectivity index (χ4v) is 3.72. The molecule has 1 aliphatic rings. The van der Waals surface area contributed by atoms with Crippen LogP contribution < -0.4 is 14.8 Å². The predicted molar refractivity (Wildman–Crippen MR) is 115 cm³/mol. The summed E-state index contributed by atoms with van der Waals surface area (Å²) in [5, 5.41) is 2.85. The zero-order valence-electron chi connectivity index (χ0n) is 18.4. The Morgan fingerprint density at radius 1 is 1.17 bits per heavy atom. The Hall–Kier alpha value is -3.02. The quantitative estimate of drug-likeness (QED) is 0.719. The van der Waals surface area contributed by atoms with Gasteiger partial charge in [-0.3, -0.25) is 4.79 Å². The second-order valence-electron chi connectivity index (χ2n) is 8.47. The highest BCUT2D eigenvalue weighted by Crippen LogP contribution is 2.41. The Balaban J connectivity index is 1.56. The van der Waals surface area contributed by atoms with Crippen molar-refractivity contribution in [3.05, 3.63) is 52.6 Å². The van der Waals surface area contributed by atoms with Crippen LogP contribution in [-0.2, 0) is 20.7 Å². The molecule has 0 fully saturated rings. The summed E-state index contributed by atoms with van der Waals surface area (Å²) in [4.78, 5) is 24.7. The summed E-state index contributed by atoms with van der Waals surface area (Å²) in [5.41, 5.74) is 4.53. The Morgan fingerprint density at radius 2 is 1.83 bits per heavy atom. The van der Waals surface area contributed by atoms with Crippen LogP contribution in [-0.4, -0.2) is 30.2 Å². The molecule has 0 spiro atoms. The summed E-state index contributed by atoms with van der Waals surface area (Å²) in [6.07, 6.45) is -0.170. The Morgan fingerprint density at radius 3 is 2.50 bits per heavy atom. The molecule has 160 valence electrons. The van der Waals surface area contributed by atoms with Crippen molar-refractivity contribution in [1.82, 2.24) is 0 Å². The molecule has 6 heteroatoms. The first-order valence-corrected chi connectivity index (χ1v) is 10.1. The molecule has 0 aliphatic carbocycles. The zero-order valence-corrected chi connectivity index (χ0v) is 18.4. The van der Waals surface area contributed by atoms with Gasteiger partial charge in [0, 0.05) is 17.7 Å². The molecule has 30 heavy (non-hydrogen) atoms. The number of rotatable bonds is 6. The molecule has 1 heterocycles. The number of hydrogen-bond donors (Lipinski definition) is 1. The molecule has 0 aromatic heterocycles. The number of esters is 1. The van der Waals surface area contributed by atoms with Gasteiger partial charge in [0.05, 0.1) is 0 Å². The van der Waals surface area contributed by atoms with E-state index >= 15 is 0 Å². The van der Waals surface area contributed by atoms with Crippen LogP contribution in [0.3, 0.4) is 0 Å². The molecule has 3 rings (SSSR count). The lowest BCUT2D eigenvalue weighted by Gasteiger charge is -2.18. The van der Waals surface area contributed by atoms with Crippen molar-refractivity contribution >= 4 is 17.6 Å². The van der Waals surface area contributed by atoms with Gasteiger partial charge in [-0.2, -0.15) is 0 Å². The molecule has 1 aliphatic heterocycles. The van der Waals surface area contributed by atoms with E-state index in [4.69, 9.17) is 14.2 Å². The van der Waals surface area contributed by atoms with E-state index in [1.807, 2.05) is 58.9 Å². The van der Waals surface area contributed by atoms with Crippen LogP contribution >= 0.6 is 0 Å². The molecule has 0 bridgehead atoms. The van der Waals surface area contributed by atoms with E-state index in [1.54, 1.807) is 6.07 Å². The average Bonchev–Trinajstić information content (AvgIpc) is 2.97. The molecule has 0 saturated carbocycles. The maximum Gasteiger partial charge on any atom is 0.344 e. The minimum absolute atomic E-state index is 0.304. The number of carbonyl (C=O) groups excluding carboxylic acids is 2. The highest BCUT2D eigenvalue weighted by atomic mass is 16.6. The normalized spacial score (nSPS) is 15.0. The van der Waals surface area contributed by atoms with Crippen molar-refractivity contribution in [3.8, 4) is 11.5 Å². The van der Waals surface area contributed by atoms with E-state index < -0.39 is 12.1 Å². The van der Waals surface area contributed by atoms with E-state index in [-0.39, 0.29) is 18.1 Å². The molecule has 6 nitrogen and oxygen atoms in total. The van der Waals surface area contributed by atoms with Crippen LogP contribution in [0.1, 0.15) is 43.0 Å². The lowest BCUT2D eigenvalue weighted by Crippen LogP contribution is -2.32. The third-order valence-corrected chi connectivity index (χ3v) is 5.00. The first kappa shape index (κ1) is 21.7. The van der Waals surface area contributed by atoms with Gasteiger partial charge in [-0.05, 0) is 58.7 Å². The molecule has 2 aromatic rings. The Labute approximate surface area is 177 Å². The summed E-state index contributed by atoms with van der Waals surface area (Å²) in [5.74, 6) is 0.151. The standard InChI is InChI=1S/C24H29NO5/c1-14-10-15(2)21(16(3)11-14)25-23(27)17(4)29-20(26)13-28-19-9-7-8-18-12-24(5,6)30-22(18)19/h7-11,17H,12-13H2,1-6H3,(H,25,27). The topological polar surface area (TPSA) is 73.9 Å². The highest BCUT2D eigenvalue weighted by molar-refractivity contribution is 5.96. The van der Waals surface area contributed by atoms with Gasteiger partial charge in [-0.1, -0.05) is 29.8 Å². The maximum absolute atomic E-state index is 12.5. The fourth-order valence-electron chi connectivity index (χ4n) is 3.72. The van der Waals surface area contributed by atoms with Crippen molar-refractivity contribution < 1.29 is 23.8 Å². The van der Waals surface area contributed by atoms with E-state index in [1.165, 1.54) is 6.92 Å². The number of anilines is 1. The van der Waals surface area contributed by atoms with E-state index in [0.717, 1.165) is 34.4 Å². The smallest absolute Gasteiger partial charge is 0.344 e. The van der Waals surface area contributed by atoms with Crippen LogP contribution in [0.15, 0.2) is 30.3 Å². The number of aryl methyl sites for hydroxylation is 3. The van der Waals surface area contributed by atoms with Crippen molar-refractivity contribution in [3.63, 3.8) is 0 Å². The zero-order chi connectivity index (χ0) is 22.1. The van der Waals surface area contributed by atoms with Crippen LogP contribution in [0.25, 0.3) is 0 Å². The second-order valence-corrected chi connectivity index (χ2v) is 8.47. The lowest BCUT2D eigenvalue weighted by atomic mass is 10.0. The Kier molecular flexibility index (Phi) is 6.06. The first-order valence-electron chi connectivity index (χ1n) is 10.1. The summed E-state index contributed by atoms with van der Waals surface area (Å²) >= 11 is 0. The SMILES string of the molecule is Cc1cc(C)c(NC(=O)C(C)OC(=O)COc2cccc3c2OC(C)(C)C3)c(C)c1. The molecular formula is C24H29NO5. The number of hydrogen-bond acceptors (Lipinski definition) is 5. The predicted octanol–water partition coefficient (Wildman–Crippen LogP) is 4.27. The van der Waals surface area contributed by atoms with Gasteiger partial charge in [-0.25, -0.2) is 4.79 Å². The van der Waals surface area contributed by atoms with E-state index in [2.05, 4.69) is 5.32 Å². The van der Waals surface area contributed by atoms with Crippen LogP contribution in [0.4, 0.5) is 5.69 Å². The minimum Gasteiger partial charge on any atom is -0.483 e. The van der Waals surface area contributed by atoms with Crippen molar-refractivity contribution in [2.45, 2.75) is 59.7 Å². The minimum atomic E-state index is -0.946. The first-order chi connectivity index (χ1) is 14.1. The number of carbonyl (C=O) groups is 2. The lowest BCUT2D eigenvalue weighted by molar-refractivity contribution is -0.155. The largest absolute Gasteiger partial charge is 0.483 e. The highest BCUT2D eigenvalue weighted by Gasteiger charge is 2.32. The number of amides is 1. The number of ether oxygens (including phenoxy) is 3. The summed E-state index contributed by atoms with van der Waals surface area (Å²) in [6, 6.07) is 9.60. The molecule has 1 N–H and O–H groups in total. The van der Waals surface area contributed by atoms with Crippen molar-refractivity contribution in [2.75, 3.05) is 11.9 Å². The van der Waals surface area contributed by atoms with Crippen LogP contribution in [0.2, 0.25) is 0 Å². The van der Waals surface area contributed by atoms with Gasteiger partial charge in [0.1, 0.15) is 5.60 Å². The molecule has 2 aromatic carbocycles. The third-order valence-electron chi connectivity index (χ3n) is 5.00. The summed E-state index contributed by atoms with van der Waals surface area (Å²) in [6.45, 7) is 11.1. The Bertz CT molecular complexity index is 957. The maximum atomic E-state index is 12.5. The monoisotopic (exact) mass is 411 g/mol. The third kappa shape index (κ3) is 4.93. The van der Waals surface area contributed by atoms with Gasteiger partial charge in [0.2, 0.25) is 0 Å². The number of para-hydroxylation sites is 1. The van der Waals surface area contributed by atoms with Crippen LogP contribution in [0, 0.1) is 20.8 Å². The second kappa shape index (κ2) is 8.38. The van der Waals surface area contributed by atoms with Gasteiger partial charge >= 0.3 is 5.97 Å². The molecule has 1 atom stereocenters. The van der Waals surface area contributed by atoms with Crippen molar-refractivity contribution in [2.24, 2.45) is 0 Å². The number of benzene rings is 2.